The molecule has 2 rings (SSSR count). The highest BCUT2D eigenvalue weighted by Gasteiger charge is 2.32. The van der Waals surface area contributed by atoms with Crippen LogP contribution in [0.3, 0.4) is 0 Å². The van der Waals surface area contributed by atoms with Gasteiger partial charge in [0.1, 0.15) is 0 Å². The van der Waals surface area contributed by atoms with Gasteiger partial charge in [-0.05, 0) is 24.7 Å². The van der Waals surface area contributed by atoms with E-state index < -0.39 is 17.9 Å². The van der Waals surface area contributed by atoms with Crippen molar-refractivity contribution in [3.8, 4) is 5.75 Å². The topological polar surface area (TPSA) is 87.5 Å². The monoisotopic (exact) mass is 376 g/mol. The molecule has 0 saturated carbocycles. The van der Waals surface area contributed by atoms with E-state index in [0.717, 1.165) is 25.2 Å². The van der Waals surface area contributed by atoms with Crippen LogP contribution in [0, 0.1) is 16.6 Å². The molecule has 26 heavy (non-hydrogen) atoms. The molecular weight excluding hydrogens is 356 g/mol. The van der Waals surface area contributed by atoms with Gasteiger partial charge >= 0.3 is 6.36 Å². The molecule has 0 aromatic heterocycles. The zero-order valence-electron chi connectivity index (χ0n) is 14.1. The molecule has 0 bridgehead atoms. The smallest absolute Gasteiger partial charge is 0.403 e. The molecule has 0 spiro atoms. The first-order valence-electron chi connectivity index (χ1n) is 7.80. The van der Waals surface area contributed by atoms with Crippen LogP contribution in [-0.2, 0) is 6.54 Å². The van der Waals surface area contributed by atoms with Crippen LogP contribution in [0.5, 0.6) is 5.75 Å². The molecule has 144 valence electrons. The first-order chi connectivity index (χ1) is 12.1. The molecular formula is C15H20F4N6O. The van der Waals surface area contributed by atoms with Crippen LogP contribution in [-0.4, -0.2) is 61.3 Å². The lowest BCUT2D eigenvalue weighted by Gasteiger charge is -2.34. The third-order valence-electron chi connectivity index (χ3n) is 3.75. The van der Waals surface area contributed by atoms with Crippen molar-refractivity contribution >= 4 is 11.9 Å². The van der Waals surface area contributed by atoms with Gasteiger partial charge in [-0.15, -0.1) is 13.2 Å². The second-order valence-electron chi connectivity index (χ2n) is 5.81. The Morgan fingerprint density at radius 1 is 1.19 bits per heavy atom. The number of ether oxygens (including phenoxy) is 1. The van der Waals surface area contributed by atoms with E-state index in [0.29, 0.717) is 18.7 Å². The van der Waals surface area contributed by atoms with Crippen molar-refractivity contribution in [1.29, 1.82) is 10.8 Å². The largest absolute Gasteiger partial charge is 0.573 e. The summed E-state index contributed by atoms with van der Waals surface area (Å²) in [5.41, 5.74) is 0.328. The fourth-order valence-electron chi connectivity index (χ4n) is 2.32. The first-order valence-corrected chi connectivity index (χ1v) is 7.80. The summed E-state index contributed by atoms with van der Waals surface area (Å²) in [6.45, 7) is 2.97. The van der Waals surface area contributed by atoms with Crippen molar-refractivity contribution < 1.29 is 22.3 Å². The summed E-state index contributed by atoms with van der Waals surface area (Å²) in [4.78, 5) is 3.92. The average Bonchev–Trinajstić information content (AvgIpc) is 2.54. The molecule has 1 heterocycles. The summed E-state index contributed by atoms with van der Waals surface area (Å²) in [5, 5.41) is 20.9. The minimum Gasteiger partial charge on any atom is -0.403 e. The molecule has 1 aliphatic rings. The van der Waals surface area contributed by atoms with Crippen LogP contribution in [0.4, 0.5) is 17.6 Å². The van der Waals surface area contributed by atoms with Gasteiger partial charge in [0, 0.05) is 32.7 Å². The normalized spacial score (nSPS) is 15.5. The third-order valence-corrected chi connectivity index (χ3v) is 3.75. The van der Waals surface area contributed by atoms with Gasteiger partial charge in [0.25, 0.3) is 0 Å². The quantitative estimate of drug-likeness (QED) is 0.365. The Labute approximate surface area is 147 Å². The maximum atomic E-state index is 13.6. The van der Waals surface area contributed by atoms with Crippen molar-refractivity contribution in [3.63, 3.8) is 0 Å². The highest BCUT2D eigenvalue weighted by molar-refractivity contribution is 5.95. The van der Waals surface area contributed by atoms with E-state index in [1.807, 2.05) is 7.05 Å². The zero-order valence-corrected chi connectivity index (χ0v) is 14.1. The molecule has 0 unspecified atom stereocenters. The molecule has 7 nitrogen and oxygen atoms in total. The number of benzene rings is 1. The van der Waals surface area contributed by atoms with E-state index in [1.165, 1.54) is 6.07 Å². The van der Waals surface area contributed by atoms with Crippen molar-refractivity contribution in [3.05, 3.63) is 29.6 Å². The predicted molar refractivity (Wildman–Crippen MR) is 87.6 cm³/mol. The molecule has 1 aromatic rings. The average molecular weight is 376 g/mol. The lowest BCUT2D eigenvalue weighted by Crippen LogP contribution is -2.53. The fraction of sp³-hybridized carbons (Fsp3) is 0.467. The van der Waals surface area contributed by atoms with Gasteiger partial charge in [-0.25, -0.2) is 4.39 Å². The number of piperazine rings is 1. The van der Waals surface area contributed by atoms with Gasteiger partial charge in [-0.1, -0.05) is 6.07 Å². The van der Waals surface area contributed by atoms with E-state index in [1.54, 1.807) is 4.90 Å². The van der Waals surface area contributed by atoms with Crippen molar-refractivity contribution in [2.45, 2.75) is 12.9 Å². The van der Waals surface area contributed by atoms with Crippen LogP contribution >= 0.6 is 0 Å². The van der Waals surface area contributed by atoms with Gasteiger partial charge in [-0.2, -0.15) is 0 Å². The van der Waals surface area contributed by atoms with Gasteiger partial charge in [0.05, 0.1) is 0 Å². The molecule has 1 aromatic carbocycles. The lowest BCUT2D eigenvalue weighted by molar-refractivity contribution is -0.275. The summed E-state index contributed by atoms with van der Waals surface area (Å²) in [6.07, 6.45) is -4.96. The standard InChI is InChI=1S/C15H20F4N6O/c1-24-4-6-25(7-5-24)14(21)23-13(20)22-9-10-2-3-12(11(16)8-10)26-15(17,18)19/h2-3,8H,4-7,9H2,1H3,(H4,20,21,22,23). The van der Waals surface area contributed by atoms with Crippen molar-refractivity contribution in [1.82, 2.24) is 20.4 Å². The predicted octanol–water partition coefficient (Wildman–Crippen LogP) is 1.52. The molecule has 0 aliphatic carbocycles. The second kappa shape index (κ2) is 8.21. The Hall–Kier alpha value is -2.56. The summed E-state index contributed by atoms with van der Waals surface area (Å²) >= 11 is 0. The number of halogens is 4. The number of likely N-dealkylation sites (N-methyl/N-ethyl adjacent to an activating group) is 1. The number of nitrogens with zero attached hydrogens (tertiary/aromatic N) is 2. The Morgan fingerprint density at radius 3 is 2.42 bits per heavy atom. The van der Waals surface area contributed by atoms with Crippen LogP contribution in [0.25, 0.3) is 0 Å². The third kappa shape index (κ3) is 6.06. The summed E-state index contributed by atoms with van der Waals surface area (Å²) < 4.78 is 53.5. The first kappa shape index (κ1) is 19.8. The van der Waals surface area contributed by atoms with E-state index in [-0.39, 0.29) is 18.5 Å². The summed E-state index contributed by atoms with van der Waals surface area (Å²) in [5.74, 6) is -2.14. The fourth-order valence-corrected chi connectivity index (χ4v) is 2.32. The Bertz CT molecular complexity index is 658. The highest BCUT2D eigenvalue weighted by atomic mass is 19.4. The van der Waals surface area contributed by atoms with Crippen molar-refractivity contribution in [2.24, 2.45) is 0 Å². The lowest BCUT2D eigenvalue weighted by atomic mass is 10.2. The molecule has 1 fully saturated rings. The molecule has 1 aliphatic heterocycles. The zero-order chi connectivity index (χ0) is 19.3. The molecule has 0 atom stereocenters. The van der Waals surface area contributed by atoms with Crippen molar-refractivity contribution in [2.75, 3.05) is 33.2 Å². The van der Waals surface area contributed by atoms with E-state index in [9.17, 15) is 17.6 Å². The number of hydrogen-bond donors (Lipinski definition) is 4. The molecule has 4 N–H and O–H groups in total. The minimum atomic E-state index is -4.96. The number of alkyl halides is 3. The summed E-state index contributed by atoms with van der Waals surface area (Å²) in [6, 6.07) is 3.03. The van der Waals surface area contributed by atoms with Crippen LogP contribution < -0.4 is 15.4 Å². The summed E-state index contributed by atoms with van der Waals surface area (Å²) in [7, 11) is 1.99. The Kier molecular flexibility index (Phi) is 6.24. The number of rotatable bonds is 3. The maximum absolute atomic E-state index is 13.6. The number of hydrogen-bond acceptors (Lipinski definition) is 4. The second-order valence-corrected chi connectivity index (χ2v) is 5.81. The number of nitrogens with one attached hydrogen (secondary N) is 4. The van der Waals surface area contributed by atoms with E-state index in [4.69, 9.17) is 10.8 Å². The maximum Gasteiger partial charge on any atom is 0.573 e. The Balaban J connectivity index is 1.81. The molecule has 1 saturated heterocycles. The van der Waals surface area contributed by atoms with Crippen LogP contribution in [0.1, 0.15) is 5.56 Å². The Morgan fingerprint density at radius 2 is 1.85 bits per heavy atom. The molecule has 0 radical (unpaired) electrons. The van der Waals surface area contributed by atoms with Crippen LogP contribution in [0.2, 0.25) is 0 Å². The van der Waals surface area contributed by atoms with Crippen LogP contribution in [0.15, 0.2) is 18.2 Å². The number of guanidine groups is 2. The highest BCUT2D eigenvalue weighted by Crippen LogP contribution is 2.25. The molecule has 0 amide bonds. The van der Waals surface area contributed by atoms with Gasteiger partial charge in [0.15, 0.2) is 23.5 Å². The van der Waals surface area contributed by atoms with Gasteiger partial charge in [-0.3, -0.25) is 16.1 Å². The van der Waals surface area contributed by atoms with Gasteiger partial charge < -0.3 is 19.9 Å². The van der Waals surface area contributed by atoms with E-state index in [2.05, 4.69) is 20.3 Å². The van der Waals surface area contributed by atoms with Gasteiger partial charge in [0.2, 0.25) is 0 Å². The minimum absolute atomic E-state index is 0.00503. The SMILES string of the molecule is CN1CCN(C(=N)NC(=N)NCc2ccc(OC(F)(F)F)c(F)c2)CC1. The molecule has 11 heteroatoms. The van der Waals surface area contributed by atoms with E-state index >= 15 is 0 Å².